The average molecular weight is 540 g/mol. The predicted octanol–water partition coefficient (Wildman–Crippen LogP) is 4.66. The number of sulfonamides is 1. The quantitative estimate of drug-likeness (QED) is 0.384. The molecule has 0 aliphatic carbocycles. The second kappa shape index (κ2) is 12.7. The van der Waals surface area contributed by atoms with Gasteiger partial charge in [0.2, 0.25) is 11.8 Å². The molecule has 0 fully saturated rings. The second-order valence-corrected chi connectivity index (χ2v) is 11.3. The zero-order valence-electron chi connectivity index (χ0n) is 22.1. The average Bonchev–Trinajstić information content (AvgIpc) is 2.87. The van der Waals surface area contributed by atoms with E-state index in [1.807, 2.05) is 52.0 Å². The third-order valence-electron chi connectivity index (χ3n) is 5.98. The van der Waals surface area contributed by atoms with Gasteiger partial charge in [0.05, 0.1) is 10.6 Å². The molecule has 0 unspecified atom stereocenters. The van der Waals surface area contributed by atoms with Crippen LogP contribution in [-0.4, -0.2) is 43.8 Å². The van der Waals surface area contributed by atoms with Crippen LogP contribution in [0.4, 0.5) is 10.1 Å². The Morgan fingerprint density at radius 3 is 2.18 bits per heavy atom. The number of para-hydroxylation sites is 1. The van der Waals surface area contributed by atoms with Gasteiger partial charge in [0.15, 0.2) is 0 Å². The number of hydrogen-bond donors (Lipinski definition) is 1. The van der Waals surface area contributed by atoms with Gasteiger partial charge >= 0.3 is 0 Å². The van der Waals surface area contributed by atoms with Crippen molar-refractivity contribution in [1.29, 1.82) is 0 Å². The van der Waals surface area contributed by atoms with Crippen LogP contribution >= 0.6 is 0 Å². The highest BCUT2D eigenvalue weighted by Gasteiger charge is 2.33. The zero-order chi connectivity index (χ0) is 27.9. The van der Waals surface area contributed by atoms with Crippen molar-refractivity contribution in [3.05, 3.63) is 95.8 Å². The van der Waals surface area contributed by atoms with E-state index in [4.69, 9.17) is 0 Å². The first-order valence-electron chi connectivity index (χ1n) is 12.5. The van der Waals surface area contributed by atoms with Crippen LogP contribution in [0.5, 0.6) is 0 Å². The molecule has 0 heterocycles. The maximum absolute atomic E-state index is 13.9. The SMILES string of the molecule is CC[C@@H](C(=O)NC(C)C)N(Cc1cccc(C)c1)C(=O)CN(c1ccccc1)S(=O)(=O)c1ccc(F)cc1. The molecule has 0 aromatic heterocycles. The van der Waals surface area contributed by atoms with Crippen LogP contribution in [0.15, 0.2) is 83.8 Å². The predicted molar refractivity (Wildman–Crippen MR) is 146 cm³/mol. The van der Waals surface area contributed by atoms with Gasteiger partial charge in [0.25, 0.3) is 10.0 Å². The molecule has 2 amide bonds. The Kier molecular flexibility index (Phi) is 9.63. The van der Waals surface area contributed by atoms with Crippen LogP contribution in [0, 0.1) is 12.7 Å². The smallest absolute Gasteiger partial charge is 0.264 e. The van der Waals surface area contributed by atoms with Crippen molar-refractivity contribution in [2.75, 3.05) is 10.8 Å². The van der Waals surface area contributed by atoms with Crippen molar-refractivity contribution in [1.82, 2.24) is 10.2 Å². The lowest BCUT2D eigenvalue weighted by atomic mass is 10.1. The Labute approximate surface area is 224 Å². The van der Waals surface area contributed by atoms with Gasteiger partial charge in [-0.1, -0.05) is 55.0 Å². The number of benzene rings is 3. The number of rotatable bonds is 11. The lowest BCUT2D eigenvalue weighted by molar-refractivity contribution is -0.140. The largest absolute Gasteiger partial charge is 0.352 e. The van der Waals surface area contributed by atoms with Gasteiger partial charge in [-0.05, 0) is 69.2 Å². The molecule has 0 aliphatic heterocycles. The minimum Gasteiger partial charge on any atom is -0.352 e. The monoisotopic (exact) mass is 539 g/mol. The molecule has 0 spiro atoms. The highest BCUT2D eigenvalue weighted by Crippen LogP contribution is 2.25. The van der Waals surface area contributed by atoms with Gasteiger partial charge in [-0.3, -0.25) is 13.9 Å². The molecule has 1 atom stereocenters. The molecule has 3 aromatic carbocycles. The van der Waals surface area contributed by atoms with E-state index >= 15 is 0 Å². The van der Waals surface area contributed by atoms with E-state index in [-0.39, 0.29) is 29.1 Å². The van der Waals surface area contributed by atoms with E-state index in [2.05, 4.69) is 5.32 Å². The third-order valence-corrected chi connectivity index (χ3v) is 7.77. The molecule has 0 radical (unpaired) electrons. The summed E-state index contributed by atoms with van der Waals surface area (Å²) in [5, 5.41) is 2.87. The summed E-state index contributed by atoms with van der Waals surface area (Å²) in [6.07, 6.45) is 0.339. The van der Waals surface area contributed by atoms with Gasteiger partial charge < -0.3 is 10.2 Å². The fourth-order valence-corrected chi connectivity index (χ4v) is 5.58. The maximum atomic E-state index is 13.9. The molecule has 202 valence electrons. The number of carbonyl (C=O) groups is 2. The molecule has 3 rings (SSSR count). The highest BCUT2D eigenvalue weighted by molar-refractivity contribution is 7.92. The normalized spacial score (nSPS) is 12.2. The molecule has 0 saturated heterocycles. The maximum Gasteiger partial charge on any atom is 0.264 e. The molecular weight excluding hydrogens is 505 g/mol. The van der Waals surface area contributed by atoms with Crippen LogP contribution in [0.25, 0.3) is 0 Å². The summed E-state index contributed by atoms with van der Waals surface area (Å²) in [5.74, 6) is -1.42. The lowest BCUT2D eigenvalue weighted by Gasteiger charge is -2.33. The third kappa shape index (κ3) is 7.19. The van der Waals surface area contributed by atoms with Crippen LogP contribution in [0.1, 0.15) is 38.3 Å². The molecule has 0 bridgehead atoms. The molecule has 3 aromatic rings. The summed E-state index contributed by atoms with van der Waals surface area (Å²) in [7, 11) is -4.23. The number of anilines is 1. The number of hydrogen-bond acceptors (Lipinski definition) is 4. The second-order valence-electron chi connectivity index (χ2n) is 9.40. The number of nitrogens with zero attached hydrogens (tertiary/aromatic N) is 2. The van der Waals surface area contributed by atoms with Crippen molar-refractivity contribution < 1.29 is 22.4 Å². The van der Waals surface area contributed by atoms with Crippen molar-refractivity contribution in [2.45, 2.75) is 57.6 Å². The first-order valence-corrected chi connectivity index (χ1v) is 14.0. The molecule has 7 nitrogen and oxygen atoms in total. The molecular formula is C29H34FN3O4S. The fourth-order valence-electron chi connectivity index (χ4n) is 4.16. The minimum atomic E-state index is -4.23. The summed E-state index contributed by atoms with van der Waals surface area (Å²) in [4.78, 5) is 28.3. The zero-order valence-corrected chi connectivity index (χ0v) is 22.9. The van der Waals surface area contributed by atoms with E-state index < -0.39 is 34.3 Å². The summed E-state index contributed by atoms with van der Waals surface area (Å²) in [6, 6.07) is 19.4. The molecule has 9 heteroatoms. The Balaban J connectivity index is 2.04. The van der Waals surface area contributed by atoms with E-state index in [9.17, 15) is 22.4 Å². The number of carbonyl (C=O) groups excluding carboxylic acids is 2. The number of halogens is 1. The summed E-state index contributed by atoms with van der Waals surface area (Å²) in [6.45, 7) is 7.01. The van der Waals surface area contributed by atoms with Gasteiger partial charge in [-0.15, -0.1) is 0 Å². The van der Waals surface area contributed by atoms with Crippen LogP contribution in [-0.2, 0) is 26.2 Å². The Bertz CT molecular complexity index is 1350. The van der Waals surface area contributed by atoms with Crippen molar-refractivity contribution in [3.8, 4) is 0 Å². The Morgan fingerprint density at radius 1 is 0.947 bits per heavy atom. The standard InChI is InChI=1S/C29H34FN3O4S/c1-5-27(29(35)31-21(2)3)32(19-23-11-9-10-22(4)18-23)28(34)20-33(25-12-7-6-8-13-25)38(36,37)26-16-14-24(30)15-17-26/h6-18,21,27H,5,19-20H2,1-4H3,(H,31,35)/t27-/m0/s1. The van der Waals surface area contributed by atoms with Gasteiger partial charge in [0.1, 0.15) is 18.4 Å². The first kappa shape index (κ1) is 28.8. The van der Waals surface area contributed by atoms with Crippen LogP contribution in [0.3, 0.4) is 0 Å². The van der Waals surface area contributed by atoms with E-state index in [1.54, 1.807) is 30.3 Å². The van der Waals surface area contributed by atoms with Crippen LogP contribution < -0.4 is 9.62 Å². The van der Waals surface area contributed by atoms with Crippen molar-refractivity contribution in [2.24, 2.45) is 0 Å². The molecule has 38 heavy (non-hydrogen) atoms. The minimum absolute atomic E-state index is 0.129. The summed E-state index contributed by atoms with van der Waals surface area (Å²) >= 11 is 0. The van der Waals surface area contributed by atoms with E-state index in [0.29, 0.717) is 6.42 Å². The summed E-state index contributed by atoms with van der Waals surface area (Å²) < 4.78 is 41.9. The fraction of sp³-hybridized carbons (Fsp3) is 0.310. The van der Waals surface area contributed by atoms with E-state index in [0.717, 1.165) is 27.6 Å². The van der Waals surface area contributed by atoms with Gasteiger partial charge in [-0.25, -0.2) is 12.8 Å². The highest BCUT2D eigenvalue weighted by atomic mass is 32.2. The lowest BCUT2D eigenvalue weighted by Crippen LogP contribution is -2.53. The Morgan fingerprint density at radius 2 is 1.61 bits per heavy atom. The Hall–Kier alpha value is -3.72. The van der Waals surface area contributed by atoms with Crippen LogP contribution in [0.2, 0.25) is 0 Å². The topological polar surface area (TPSA) is 86.8 Å². The van der Waals surface area contributed by atoms with Crippen molar-refractivity contribution >= 4 is 27.5 Å². The number of amides is 2. The number of nitrogens with one attached hydrogen (secondary N) is 1. The molecule has 0 aliphatic rings. The van der Waals surface area contributed by atoms with E-state index in [1.165, 1.54) is 17.0 Å². The van der Waals surface area contributed by atoms with Crippen molar-refractivity contribution in [3.63, 3.8) is 0 Å². The molecule has 1 N–H and O–H groups in total. The molecule has 0 saturated carbocycles. The van der Waals surface area contributed by atoms with Gasteiger partial charge in [-0.2, -0.15) is 0 Å². The first-order chi connectivity index (χ1) is 18.0. The number of aryl methyl sites for hydroxylation is 1. The van der Waals surface area contributed by atoms with Gasteiger partial charge in [0, 0.05) is 12.6 Å². The summed E-state index contributed by atoms with van der Waals surface area (Å²) in [5.41, 5.74) is 2.10.